The lowest BCUT2D eigenvalue weighted by molar-refractivity contribution is -0.133. The van der Waals surface area contributed by atoms with Gasteiger partial charge in [0.05, 0.1) is 19.6 Å². The summed E-state index contributed by atoms with van der Waals surface area (Å²) in [5.41, 5.74) is 0.961. The van der Waals surface area contributed by atoms with Crippen LogP contribution in [0.15, 0.2) is 24.3 Å². The van der Waals surface area contributed by atoms with E-state index in [4.69, 9.17) is 4.74 Å². The zero-order valence-corrected chi connectivity index (χ0v) is 11.5. The van der Waals surface area contributed by atoms with Crippen molar-refractivity contribution in [3.63, 3.8) is 0 Å². The molecule has 0 saturated carbocycles. The molecule has 1 N–H and O–H groups in total. The Hall–Kier alpha value is -1.55. The quantitative estimate of drug-likeness (QED) is 0.898. The predicted molar refractivity (Wildman–Crippen MR) is 73.1 cm³/mol. The van der Waals surface area contributed by atoms with Crippen LogP contribution in [0.3, 0.4) is 0 Å². The summed E-state index contributed by atoms with van der Waals surface area (Å²) in [6, 6.07) is 7.58. The lowest BCUT2D eigenvalue weighted by Crippen LogP contribution is -2.45. The molecule has 0 radical (unpaired) electrons. The molecule has 0 bridgehead atoms. The molecule has 4 nitrogen and oxygen atoms in total. The minimum Gasteiger partial charge on any atom is -0.497 e. The third-order valence-electron chi connectivity index (χ3n) is 3.70. The number of aliphatic hydroxyl groups is 1. The Morgan fingerprint density at radius 2 is 2.32 bits per heavy atom. The first-order valence-electron chi connectivity index (χ1n) is 6.69. The van der Waals surface area contributed by atoms with E-state index < -0.39 is 0 Å². The fraction of sp³-hybridized carbons (Fsp3) is 0.533. The Labute approximate surface area is 114 Å². The van der Waals surface area contributed by atoms with Gasteiger partial charge in [0.1, 0.15) is 5.75 Å². The van der Waals surface area contributed by atoms with Gasteiger partial charge < -0.3 is 14.7 Å². The summed E-state index contributed by atoms with van der Waals surface area (Å²) in [6.07, 6.45) is 0.784. The monoisotopic (exact) mass is 263 g/mol. The minimum atomic E-state index is -0.277. The van der Waals surface area contributed by atoms with Gasteiger partial charge in [0.25, 0.3) is 0 Å². The number of rotatable bonds is 3. The smallest absolute Gasteiger partial charge is 0.227 e. The molecule has 1 aromatic rings. The molecule has 1 saturated heterocycles. The van der Waals surface area contributed by atoms with Crippen LogP contribution < -0.4 is 4.74 Å². The van der Waals surface area contributed by atoms with Crippen LogP contribution in [-0.4, -0.2) is 42.2 Å². The normalized spacial score (nSPS) is 23.2. The summed E-state index contributed by atoms with van der Waals surface area (Å²) in [6.45, 7) is 3.27. The summed E-state index contributed by atoms with van der Waals surface area (Å²) in [5, 5.41) is 9.68. The number of likely N-dealkylation sites (tertiary alicyclic amines) is 1. The first-order chi connectivity index (χ1) is 9.10. The zero-order chi connectivity index (χ0) is 13.8. The average molecular weight is 263 g/mol. The SMILES string of the molecule is COc1cccc(CC(=O)N2CCC(O)C(C)C2)c1. The number of carbonyl (C=O) groups excluding carboxylic acids is 1. The van der Waals surface area contributed by atoms with Crippen molar-refractivity contribution in [3.8, 4) is 5.75 Å². The molecule has 0 aliphatic carbocycles. The van der Waals surface area contributed by atoms with Crippen LogP contribution in [0.2, 0.25) is 0 Å². The molecule has 2 atom stereocenters. The molecule has 1 aromatic carbocycles. The fourth-order valence-electron chi connectivity index (χ4n) is 2.43. The molecule has 1 amide bonds. The average Bonchev–Trinajstić information content (AvgIpc) is 2.42. The Bertz CT molecular complexity index is 447. The number of benzene rings is 1. The van der Waals surface area contributed by atoms with E-state index in [1.54, 1.807) is 7.11 Å². The molecule has 1 aliphatic rings. The van der Waals surface area contributed by atoms with Gasteiger partial charge in [-0.2, -0.15) is 0 Å². The van der Waals surface area contributed by atoms with E-state index in [-0.39, 0.29) is 17.9 Å². The van der Waals surface area contributed by atoms with E-state index in [1.807, 2.05) is 36.1 Å². The van der Waals surface area contributed by atoms with Crippen LogP contribution in [0.4, 0.5) is 0 Å². The van der Waals surface area contributed by atoms with Gasteiger partial charge in [0, 0.05) is 13.1 Å². The second-order valence-corrected chi connectivity index (χ2v) is 5.20. The summed E-state index contributed by atoms with van der Waals surface area (Å²) in [4.78, 5) is 14.1. The van der Waals surface area contributed by atoms with Crippen LogP contribution in [0.25, 0.3) is 0 Å². The Morgan fingerprint density at radius 3 is 3.00 bits per heavy atom. The van der Waals surface area contributed by atoms with Gasteiger partial charge >= 0.3 is 0 Å². The van der Waals surface area contributed by atoms with E-state index in [0.717, 1.165) is 11.3 Å². The van der Waals surface area contributed by atoms with Crippen molar-refractivity contribution in [2.24, 2.45) is 5.92 Å². The highest BCUT2D eigenvalue weighted by Crippen LogP contribution is 2.18. The van der Waals surface area contributed by atoms with Gasteiger partial charge in [-0.1, -0.05) is 19.1 Å². The molecule has 1 fully saturated rings. The van der Waals surface area contributed by atoms with Crippen molar-refractivity contribution in [2.75, 3.05) is 20.2 Å². The van der Waals surface area contributed by atoms with Crippen molar-refractivity contribution in [2.45, 2.75) is 25.9 Å². The van der Waals surface area contributed by atoms with Crippen LogP contribution in [0.5, 0.6) is 5.75 Å². The number of hydrogen-bond donors (Lipinski definition) is 1. The van der Waals surface area contributed by atoms with Gasteiger partial charge in [0.15, 0.2) is 0 Å². The maximum atomic E-state index is 12.2. The van der Waals surface area contributed by atoms with Crippen molar-refractivity contribution < 1.29 is 14.6 Å². The molecular weight excluding hydrogens is 242 g/mol. The lowest BCUT2D eigenvalue weighted by atomic mass is 9.96. The third-order valence-corrected chi connectivity index (χ3v) is 3.70. The Kier molecular flexibility index (Phi) is 4.43. The van der Waals surface area contributed by atoms with Gasteiger partial charge in [-0.05, 0) is 30.0 Å². The second-order valence-electron chi connectivity index (χ2n) is 5.20. The standard InChI is InChI=1S/C15H21NO3/c1-11-10-16(7-6-14(11)17)15(18)9-12-4-3-5-13(8-12)19-2/h3-5,8,11,14,17H,6-7,9-10H2,1-2H3. The Balaban J connectivity index is 1.97. The van der Waals surface area contributed by atoms with Gasteiger partial charge in [0.2, 0.25) is 5.91 Å². The zero-order valence-electron chi connectivity index (χ0n) is 11.5. The largest absolute Gasteiger partial charge is 0.497 e. The minimum absolute atomic E-state index is 0.118. The van der Waals surface area contributed by atoms with Crippen molar-refractivity contribution in [3.05, 3.63) is 29.8 Å². The molecule has 1 heterocycles. The maximum Gasteiger partial charge on any atom is 0.227 e. The molecular formula is C15H21NO3. The lowest BCUT2D eigenvalue weighted by Gasteiger charge is -2.34. The molecule has 19 heavy (non-hydrogen) atoms. The first kappa shape index (κ1) is 13.9. The number of methoxy groups -OCH3 is 1. The van der Waals surface area contributed by atoms with Crippen molar-refractivity contribution >= 4 is 5.91 Å². The van der Waals surface area contributed by atoms with Crippen molar-refractivity contribution in [1.82, 2.24) is 4.90 Å². The molecule has 2 rings (SSSR count). The van der Waals surface area contributed by atoms with E-state index in [9.17, 15) is 9.90 Å². The van der Waals surface area contributed by atoms with Crippen LogP contribution in [0.1, 0.15) is 18.9 Å². The highest BCUT2D eigenvalue weighted by molar-refractivity contribution is 5.79. The number of piperidine rings is 1. The summed E-state index contributed by atoms with van der Waals surface area (Å²) in [5.74, 6) is 1.04. The van der Waals surface area contributed by atoms with E-state index in [2.05, 4.69) is 0 Å². The molecule has 4 heteroatoms. The number of ether oxygens (including phenoxy) is 1. The number of amides is 1. The van der Waals surface area contributed by atoms with Crippen LogP contribution in [0, 0.1) is 5.92 Å². The van der Waals surface area contributed by atoms with Crippen LogP contribution in [-0.2, 0) is 11.2 Å². The maximum absolute atomic E-state index is 12.2. The van der Waals surface area contributed by atoms with Gasteiger partial charge in [-0.3, -0.25) is 4.79 Å². The molecule has 0 spiro atoms. The molecule has 1 aliphatic heterocycles. The van der Waals surface area contributed by atoms with Crippen molar-refractivity contribution in [1.29, 1.82) is 0 Å². The van der Waals surface area contributed by atoms with E-state index in [0.29, 0.717) is 25.9 Å². The molecule has 0 aromatic heterocycles. The third kappa shape index (κ3) is 3.47. The number of nitrogens with zero attached hydrogens (tertiary/aromatic N) is 1. The Morgan fingerprint density at radius 1 is 1.53 bits per heavy atom. The second kappa shape index (κ2) is 6.06. The number of aliphatic hydroxyl groups excluding tert-OH is 1. The topological polar surface area (TPSA) is 49.8 Å². The van der Waals surface area contributed by atoms with Gasteiger partial charge in [-0.25, -0.2) is 0 Å². The summed E-state index contributed by atoms with van der Waals surface area (Å²) >= 11 is 0. The molecule has 104 valence electrons. The molecule has 2 unspecified atom stereocenters. The predicted octanol–water partition coefficient (Wildman–Crippen LogP) is 1.47. The summed E-state index contributed by atoms with van der Waals surface area (Å²) < 4.78 is 5.16. The van der Waals surface area contributed by atoms with Gasteiger partial charge in [-0.15, -0.1) is 0 Å². The highest BCUT2D eigenvalue weighted by Gasteiger charge is 2.26. The number of carbonyl (C=O) groups is 1. The number of hydrogen-bond acceptors (Lipinski definition) is 3. The fourth-order valence-corrected chi connectivity index (χ4v) is 2.43. The summed E-state index contributed by atoms with van der Waals surface area (Å²) in [7, 11) is 1.62. The van der Waals surface area contributed by atoms with E-state index >= 15 is 0 Å². The van der Waals surface area contributed by atoms with Crippen LogP contribution >= 0.6 is 0 Å². The highest BCUT2D eigenvalue weighted by atomic mass is 16.5. The first-order valence-corrected chi connectivity index (χ1v) is 6.69. The van der Waals surface area contributed by atoms with E-state index in [1.165, 1.54) is 0 Å².